The van der Waals surface area contributed by atoms with Gasteiger partial charge >= 0.3 is 0 Å². The maximum atomic E-state index is 5.59. The Bertz CT molecular complexity index is 742. The normalized spacial score (nSPS) is 10.9. The van der Waals surface area contributed by atoms with E-state index in [1.54, 1.807) is 0 Å². The summed E-state index contributed by atoms with van der Waals surface area (Å²) in [4.78, 5) is 8.91. The number of oxazole rings is 1. The zero-order chi connectivity index (χ0) is 14.1. The van der Waals surface area contributed by atoms with E-state index < -0.39 is 0 Å². The molecule has 0 aliphatic carbocycles. The predicted octanol–water partition coefficient (Wildman–Crippen LogP) is 3.76. The second kappa shape index (κ2) is 4.96. The third-order valence-corrected chi connectivity index (χ3v) is 3.35. The number of aromatic nitrogens is 2. The summed E-state index contributed by atoms with van der Waals surface area (Å²) in [6.07, 6.45) is 0. The van der Waals surface area contributed by atoms with Gasteiger partial charge in [-0.3, -0.25) is 4.98 Å². The summed E-state index contributed by atoms with van der Waals surface area (Å²) in [5.74, 6) is 1.58. The van der Waals surface area contributed by atoms with Crippen molar-refractivity contribution in [1.82, 2.24) is 9.97 Å². The SMILES string of the molecule is Cc1cc(NCc2nc(C)c(C)o2)c2ccccc2n1. The minimum atomic E-state index is 0.572. The molecule has 102 valence electrons. The molecule has 4 heteroatoms. The summed E-state index contributed by atoms with van der Waals surface area (Å²) in [6, 6.07) is 10.2. The van der Waals surface area contributed by atoms with Gasteiger partial charge in [0.2, 0.25) is 5.89 Å². The monoisotopic (exact) mass is 267 g/mol. The number of anilines is 1. The lowest BCUT2D eigenvalue weighted by atomic mass is 10.1. The second-order valence-corrected chi connectivity index (χ2v) is 4.93. The fourth-order valence-electron chi connectivity index (χ4n) is 2.24. The Labute approximate surface area is 117 Å². The molecule has 0 fully saturated rings. The molecule has 0 saturated heterocycles. The average Bonchev–Trinajstić information content (AvgIpc) is 2.75. The smallest absolute Gasteiger partial charge is 0.213 e. The molecule has 1 N–H and O–H groups in total. The summed E-state index contributed by atoms with van der Waals surface area (Å²) >= 11 is 0. The highest BCUT2D eigenvalue weighted by Crippen LogP contribution is 2.23. The summed E-state index contributed by atoms with van der Waals surface area (Å²) in [6.45, 7) is 6.45. The van der Waals surface area contributed by atoms with Gasteiger partial charge in [0.15, 0.2) is 0 Å². The van der Waals surface area contributed by atoms with Crippen molar-refractivity contribution in [3.8, 4) is 0 Å². The molecule has 3 rings (SSSR count). The van der Waals surface area contributed by atoms with Gasteiger partial charge in [-0.15, -0.1) is 0 Å². The standard InChI is InChI=1S/C16H17N3O/c1-10-8-15(13-6-4-5-7-14(13)18-10)17-9-16-19-11(2)12(3)20-16/h4-8H,9H2,1-3H3,(H,17,18). The van der Waals surface area contributed by atoms with Crippen LogP contribution in [0.15, 0.2) is 34.7 Å². The average molecular weight is 267 g/mol. The van der Waals surface area contributed by atoms with Gasteiger partial charge in [0.05, 0.1) is 17.8 Å². The van der Waals surface area contributed by atoms with Crippen LogP contribution in [-0.2, 0) is 6.54 Å². The minimum absolute atomic E-state index is 0.572. The first-order valence-electron chi connectivity index (χ1n) is 6.66. The van der Waals surface area contributed by atoms with Crippen LogP contribution in [0.2, 0.25) is 0 Å². The lowest BCUT2D eigenvalue weighted by Crippen LogP contribution is -2.01. The minimum Gasteiger partial charge on any atom is -0.444 e. The summed E-state index contributed by atoms with van der Waals surface area (Å²) in [5.41, 5.74) is 3.99. The van der Waals surface area contributed by atoms with E-state index in [0.717, 1.165) is 33.7 Å². The van der Waals surface area contributed by atoms with Gasteiger partial charge in [-0.1, -0.05) is 18.2 Å². The van der Waals surface area contributed by atoms with Gasteiger partial charge in [0, 0.05) is 16.8 Å². The van der Waals surface area contributed by atoms with Crippen LogP contribution in [0.1, 0.15) is 23.0 Å². The molecule has 0 aliphatic rings. The number of para-hydroxylation sites is 1. The Hall–Kier alpha value is -2.36. The van der Waals surface area contributed by atoms with Crippen LogP contribution in [-0.4, -0.2) is 9.97 Å². The van der Waals surface area contributed by atoms with Gasteiger partial charge in [-0.2, -0.15) is 0 Å². The first-order valence-corrected chi connectivity index (χ1v) is 6.66. The van der Waals surface area contributed by atoms with Crippen LogP contribution >= 0.6 is 0 Å². The van der Waals surface area contributed by atoms with E-state index in [-0.39, 0.29) is 0 Å². The number of hydrogen-bond acceptors (Lipinski definition) is 4. The van der Waals surface area contributed by atoms with Crippen LogP contribution in [0.25, 0.3) is 10.9 Å². The van der Waals surface area contributed by atoms with E-state index in [9.17, 15) is 0 Å². The molecular formula is C16H17N3O. The van der Waals surface area contributed by atoms with Crippen LogP contribution < -0.4 is 5.32 Å². The highest BCUT2D eigenvalue weighted by atomic mass is 16.4. The molecule has 0 saturated carbocycles. The van der Waals surface area contributed by atoms with Crippen molar-refractivity contribution < 1.29 is 4.42 Å². The number of hydrogen-bond donors (Lipinski definition) is 1. The number of aryl methyl sites for hydroxylation is 3. The largest absolute Gasteiger partial charge is 0.444 e. The quantitative estimate of drug-likeness (QED) is 0.785. The number of nitrogens with one attached hydrogen (secondary N) is 1. The molecule has 0 atom stereocenters. The molecule has 3 aromatic rings. The topological polar surface area (TPSA) is 51.0 Å². The zero-order valence-electron chi connectivity index (χ0n) is 11.9. The highest BCUT2D eigenvalue weighted by Gasteiger charge is 2.07. The first-order chi connectivity index (χ1) is 9.63. The van der Waals surface area contributed by atoms with E-state index in [0.29, 0.717) is 12.4 Å². The Kier molecular flexibility index (Phi) is 3.14. The third-order valence-electron chi connectivity index (χ3n) is 3.35. The zero-order valence-corrected chi connectivity index (χ0v) is 11.9. The molecule has 20 heavy (non-hydrogen) atoms. The lowest BCUT2D eigenvalue weighted by Gasteiger charge is -2.09. The Morgan fingerprint density at radius 3 is 2.65 bits per heavy atom. The maximum Gasteiger partial charge on any atom is 0.213 e. The van der Waals surface area contributed by atoms with Crippen molar-refractivity contribution in [1.29, 1.82) is 0 Å². The fraction of sp³-hybridized carbons (Fsp3) is 0.250. The van der Waals surface area contributed by atoms with Gasteiger partial charge in [-0.05, 0) is 32.9 Å². The van der Waals surface area contributed by atoms with Crippen molar-refractivity contribution in [3.63, 3.8) is 0 Å². The Morgan fingerprint density at radius 2 is 1.90 bits per heavy atom. The summed E-state index contributed by atoms with van der Waals surface area (Å²) in [7, 11) is 0. The number of fused-ring (bicyclic) bond motifs is 1. The van der Waals surface area contributed by atoms with Crippen LogP contribution in [0.4, 0.5) is 5.69 Å². The summed E-state index contributed by atoms with van der Waals surface area (Å²) in [5, 5.41) is 4.50. The maximum absolute atomic E-state index is 5.59. The highest BCUT2D eigenvalue weighted by molar-refractivity contribution is 5.91. The van der Waals surface area contributed by atoms with E-state index in [2.05, 4.69) is 21.4 Å². The Balaban J connectivity index is 1.90. The third kappa shape index (κ3) is 2.37. The van der Waals surface area contributed by atoms with Gasteiger partial charge in [0.25, 0.3) is 0 Å². The first kappa shape index (κ1) is 12.7. The predicted molar refractivity (Wildman–Crippen MR) is 79.8 cm³/mol. The molecule has 2 aromatic heterocycles. The molecule has 4 nitrogen and oxygen atoms in total. The van der Waals surface area contributed by atoms with E-state index in [1.807, 2.05) is 45.0 Å². The van der Waals surface area contributed by atoms with Gasteiger partial charge < -0.3 is 9.73 Å². The van der Waals surface area contributed by atoms with Crippen molar-refractivity contribution in [2.24, 2.45) is 0 Å². The second-order valence-electron chi connectivity index (χ2n) is 4.93. The number of rotatable bonds is 3. The lowest BCUT2D eigenvalue weighted by molar-refractivity contribution is 0.478. The van der Waals surface area contributed by atoms with Crippen LogP contribution in [0, 0.1) is 20.8 Å². The van der Waals surface area contributed by atoms with Crippen molar-refractivity contribution in [2.45, 2.75) is 27.3 Å². The molecule has 0 spiro atoms. The molecule has 0 aliphatic heterocycles. The van der Waals surface area contributed by atoms with Gasteiger partial charge in [0.1, 0.15) is 5.76 Å². The van der Waals surface area contributed by atoms with Crippen LogP contribution in [0.3, 0.4) is 0 Å². The molecule has 1 aromatic carbocycles. The van der Waals surface area contributed by atoms with E-state index in [4.69, 9.17) is 4.42 Å². The van der Waals surface area contributed by atoms with Crippen LogP contribution in [0.5, 0.6) is 0 Å². The molecular weight excluding hydrogens is 250 g/mol. The van der Waals surface area contributed by atoms with E-state index in [1.165, 1.54) is 0 Å². The van der Waals surface area contributed by atoms with Crippen molar-refractivity contribution in [3.05, 3.63) is 53.4 Å². The molecule has 0 bridgehead atoms. The number of nitrogens with zero attached hydrogens (tertiary/aromatic N) is 2. The van der Waals surface area contributed by atoms with E-state index >= 15 is 0 Å². The van der Waals surface area contributed by atoms with Crippen molar-refractivity contribution in [2.75, 3.05) is 5.32 Å². The molecule has 2 heterocycles. The summed E-state index contributed by atoms with van der Waals surface area (Å²) < 4.78 is 5.59. The number of benzene rings is 1. The number of pyridine rings is 1. The molecule has 0 unspecified atom stereocenters. The molecule has 0 amide bonds. The fourth-order valence-corrected chi connectivity index (χ4v) is 2.24. The van der Waals surface area contributed by atoms with Gasteiger partial charge in [-0.25, -0.2) is 4.98 Å². The van der Waals surface area contributed by atoms with Crippen molar-refractivity contribution >= 4 is 16.6 Å². The Morgan fingerprint density at radius 1 is 1.10 bits per heavy atom. The molecule has 0 radical (unpaired) electrons.